The van der Waals surface area contributed by atoms with E-state index in [9.17, 15) is 14.4 Å². The maximum atomic E-state index is 12.9. The quantitative estimate of drug-likeness (QED) is 0.380. The van der Waals surface area contributed by atoms with Gasteiger partial charge in [0.05, 0.1) is 0 Å². The van der Waals surface area contributed by atoms with E-state index in [2.05, 4.69) is 33.6 Å². The van der Waals surface area contributed by atoms with E-state index in [1.54, 1.807) is 22.9 Å². The number of nitrogens with one attached hydrogen (secondary N) is 1. The molecule has 222 valence electrons. The molecule has 0 unspecified atom stereocenters. The number of aromatic nitrogens is 3. The fraction of sp³-hybridized carbons (Fsp3) is 0.433. The first-order valence-corrected chi connectivity index (χ1v) is 14.3. The van der Waals surface area contributed by atoms with E-state index in [-0.39, 0.29) is 30.0 Å². The van der Waals surface area contributed by atoms with Crippen molar-refractivity contribution in [3.8, 4) is 0 Å². The Balaban J connectivity index is 1.23. The van der Waals surface area contributed by atoms with Crippen molar-refractivity contribution >= 4 is 40.2 Å². The maximum Gasteiger partial charge on any atom is 0.252 e. The van der Waals surface area contributed by atoms with Gasteiger partial charge in [-0.25, -0.2) is 4.98 Å². The van der Waals surface area contributed by atoms with Gasteiger partial charge in [-0.15, -0.1) is 0 Å². The number of rotatable bonds is 9. The lowest BCUT2D eigenvalue weighted by atomic mass is 10.2. The number of carbonyl (C=O) groups is 2. The normalized spacial score (nSPS) is 17.9. The smallest absolute Gasteiger partial charge is 0.252 e. The third kappa shape index (κ3) is 6.60. The summed E-state index contributed by atoms with van der Waals surface area (Å²) in [6, 6.07) is 11.5. The summed E-state index contributed by atoms with van der Waals surface area (Å²) in [4.78, 5) is 54.3. The molecule has 1 aromatic carbocycles. The lowest BCUT2D eigenvalue weighted by Gasteiger charge is -2.39. The van der Waals surface area contributed by atoms with Crippen LogP contribution in [0.25, 0.3) is 11.0 Å². The molecule has 0 bridgehead atoms. The van der Waals surface area contributed by atoms with Gasteiger partial charge in [0.1, 0.15) is 12.3 Å². The zero-order valence-corrected chi connectivity index (χ0v) is 24.2. The number of hydrogen-bond donors (Lipinski definition) is 1. The molecular formula is C30H38N8O4. The van der Waals surface area contributed by atoms with Crippen LogP contribution in [0.5, 0.6) is 0 Å². The van der Waals surface area contributed by atoms with Gasteiger partial charge >= 0.3 is 0 Å². The third-order valence-electron chi connectivity index (χ3n) is 7.97. The second-order valence-corrected chi connectivity index (χ2v) is 10.6. The van der Waals surface area contributed by atoms with Crippen molar-refractivity contribution in [3.63, 3.8) is 0 Å². The molecule has 3 aromatic rings. The van der Waals surface area contributed by atoms with E-state index in [0.717, 1.165) is 36.4 Å². The van der Waals surface area contributed by atoms with Crippen molar-refractivity contribution in [3.05, 3.63) is 65.6 Å². The van der Waals surface area contributed by atoms with Gasteiger partial charge in [0.15, 0.2) is 0 Å². The van der Waals surface area contributed by atoms with Crippen LogP contribution in [0.3, 0.4) is 0 Å². The van der Waals surface area contributed by atoms with Crippen LogP contribution < -0.4 is 15.8 Å². The molecule has 12 heteroatoms. The van der Waals surface area contributed by atoms with Crippen LogP contribution >= 0.6 is 0 Å². The number of ether oxygens (including phenoxy) is 1. The first kappa shape index (κ1) is 29.2. The molecule has 4 heterocycles. The van der Waals surface area contributed by atoms with E-state index in [1.165, 1.54) is 13.2 Å². The summed E-state index contributed by atoms with van der Waals surface area (Å²) in [6.07, 6.45) is 3.08. The van der Waals surface area contributed by atoms with Crippen molar-refractivity contribution in [1.29, 1.82) is 0 Å². The topological polar surface area (TPSA) is 116 Å². The number of pyridine rings is 1. The van der Waals surface area contributed by atoms with Crippen LogP contribution in [0.4, 0.5) is 17.3 Å². The van der Waals surface area contributed by atoms with Crippen molar-refractivity contribution in [2.45, 2.75) is 19.5 Å². The van der Waals surface area contributed by atoms with Crippen LogP contribution in [0, 0.1) is 0 Å². The van der Waals surface area contributed by atoms with Crippen LogP contribution in [0.1, 0.15) is 6.92 Å². The molecule has 2 saturated heterocycles. The zero-order valence-electron chi connectivity index (χ0n) is 24.2. The van der Waals surface area contributed by atoms with E-state index in [4.69, 9.17) is 9.72 Å². The van der Waals surface area contributed by atoms with Gasteiger partial charge in [-0.2, -0.15) is 4.98 Å². The molecule has 2 aromatic heterocycles. The number of amides is 2. The van der Waals surface area contributed by atoms with Gasteiger partial charge < -0.3 is 24.8 Å². The Morgan fingerprint density at radius 3 is 2.45 bits per heavy atom. The van der Waals surface area contributed by atoms with Gasteiger partial charge in [0.2, 0.25) is 17.8 Å². The number of hydrogen-bond acceptors (Lipinski definition) is 9. The summed E-state index contributed by atoms with van der Waals surface area (Å²) >= 11 is 0. The standard InChI is InChI=1S/C30H38N8O4/c1-4-26(39)37-16-11-34(22(2)20-37)17-18-38-27(40)10-5-23-19-31-30(33-29(23)38)32-24-6-8-25(9-7-24)35-12-14-36(15-13-35)28(41)21-42-3/h4-10,19,22H,1,11-18,20-21H2,2-3H3,(H,31,32,33)/t22-/m0/s1. The van der Waals surface area contributed by atoms with Gasteiger partial charge in [-0.3, -0.25) is 23.9 Å². The molecule has 42 heavy (non-hydrogen) atoms. The van der Waals surface area contributed by atoms with Gasteiger partial charge in [0, 0.05) is 101 Å². The van der Waals surface area contributed by atoms with Crippen LogP contribution in [-0.2, 0) is 20.9 Å². The Morgan fingerprint density at radius 2 is 1.76 bits per heavy atom. The van der Waals surface area contributed by atoms with Crippen molar-refractivity contribution in [2.75, 3.05) is 76.3 Å². The van der Waals surface area contributed by atoms with E-state index in [1.807, 2.05) is 34.1 Å². The Labute approximate surface area is 245 Å². The first-order valence-electron chi connectivity index (χ1n) is 14.3. The van der Waals surface area contributed by atoms with E-state index >= 15 is 0 Å². The van der Waals surface area contributed by atoms with Crippen LogP contribution in [0.2, 0.25) is 0 Å². The predicted molar refractivity (Wildman–Crippen MR) is 162 cm³/mol. The number of fused-ring (bicyclic) bond motifs is 1. The lowest BCUT2D eigenvalue weighted by Crippen LogP contribution is -2.54. The molecule has 5 rings (SSSR count). The molecule has 0 aliphatic carbocycles. The maximum absolute atomic E-state index is 12.9. The highest BCUT2D eigenvalue weighted by atomic mass is 16.5. The minimum absolute atomic E-state index is 0.0202. The van der Waals surface area contributed by atoms with E-state index < -0.39 is 0 Å². The number of benzene rings is 1. The molecule has 0 radical (unpaired) electrons. The average Bonchev–Trinajstić information content (AvgIpc) is 3.01. The fourth-order valence-electron chi connectivity index (χ4n) is 5.55. The molecule has 0 saturated carbocycles. The number of methoxy groups -OCH3 is 1. The number of anilines is 3. The molecule has 2 aliphatic rings. The van der Waals surface area contributed by atoms with Crippen molar-refractivity contribution in [1.82, 2.24) is 29.2 Å². The second kappa shape index (κ2) is 13.1. The monoisotopic (exact) mass is 574 g/mol. The molecular weight excluding hydrogens is 536 g/mol. The summed E-state index contributed by atoms with van der Waals surface area (Å²) in [5.41, 5.74) is 2.37. The zero-order chi connectivity index (χ0) is 29.6. The third-order valence-corrected chi connectivity index (χ3v) is 7.97. The minimum Gasteiger partial charge on any atom is -0.375 e. The molecule has 2 fully saturated rings. The Kier molecular flexibility index (Phi) is 9.13. The van der Waals surface area contributed by atoms with E-state index in [0.29, 0.717) is 50.9 Å². The summed E-state index contributed by atoms with van der Waals surface area (Å²) < 4.78 is 6.66. The summed E-state index contributed by atoms with van der Waals surface area (Å²) in [5, 5.41) is 4.05. The van der Waals surface area contributed by atoms with Gasteiger partial charge in [-0.05, 0) is 43.3 Å². The second-order valence-electron chi connectivity index (χ2n) is 10.6. The largest absolute Gasteiger partial charge is 0.375 e. The summed E-state index contributed by atoms with van der Waals surface area (Å²) in [6.45, 7) is 11.8. The van der Waals surface area contributed by atoms with Crippen LogP contribution in [-0.4, -0.2) is 113 Å². The highest BCUT2D eigenvalue weighted by molar-refractivity contribution is 5.87. The molecule has 2 aliphatic heterocycles. The number of piperazine rings is 2. The molecule has 1 atom stereocenters. The molecule has 12 nitrogen and oxygen atoms in total. The van der Waals surface area contributed by atoms with Crippen molar-refractivity contribution in [2.24, 2.45) is 0 Å². The average molecular weight is 575 g/mol. The number of carbonyl (C=O) groups excluding carboxylic acids is 2. The summed E-state index contributed by atoms with van der Waals surface area (Å²) in [5.74, 6) is 0.379. The number of nitrogens with zero attached hydrogens (tertiary/aromatic N) is 7. The Hall–Kier alpha value is -4.29. The van der Waals surface area contributed by atoms with Gasteiger partial charge in [-0.1, -0.05) is 6.58 Å². The molecule has 1 N–H and O–H groups in total. The molecule has 2 amide bonds. The Bertz CT molecular complexity index is 1480. The predicted octanol–water partition coefficient (Wildman–Crippen LogP) is 1.55. The highest BCUT2D eigenvalue weighted by Crippen LogP contribution is 2.22. The lowest BCUT2D eigenvalue weighted by molar-refractivity contribution is -0.135. The van der Waals surface area contributed by atoms with Crippen LogP contribution in [0.15, 0.2) is 60.0 Å². The fourth-order valence-corrected chi connectivity index (χ4v) is 5.55. The minimum atomic E-state index is -0.117. The SMILES string of the molecule is C=CC(=O)N1CCN(CCn2c(=O)ccc3cnc(Nc4ccc(N5CCN(C(=O)COC)CC5)cc4)nc32)[C@@H](C)C1. The van der Waals surface area contributed by atoms with Crippen molar-refractivity contribution < 1.29 is 14.3 Å². The van der Waals surface area contributed by atoms with Gasteiger partial charge in [0.25, 0.3) is 5.56 Å². The highest BCUT2D eigenvalue weighted by Gasteiger charge is 2.25. The Morgan fingerprint density at radius 1 is 1.02 bits per heavy atom. The molecule has 0 spiro atoms. The first-order chi connectivity index (χ1) is 20.4. The summed E-state index contributed by atoms with van der Waals surface area (Å²) in [7, 11) is 1.53.